The molecule has 2 saturated heterocycles. The summed E-state index contributed by atoms with van der Waals surface area (Å²) in [4.78, 5) is 2.62. The van der Waals surface area contributed by atoms with Gasteiger partial charge in [0.1, 0.15) is 0 Å². The first-order chi connectivity index (χ1) is 9.29. The summed E-state index contributed by atoms with van der Waals surface area (Å²) < 4.78 is 12.1. The van der Waals surface area contributed by atoms with Gasteiger partial charge >= 0.3 is 0 Å². The Morgan fingerprint density at radius 1 is 1.21 bits per heavy atom. The third kappa shape index (κ3) is 2.82. The SMILES string of the molecule is CC1CCC(C(CN)N2CCOC3CCCCC32)O1. The molecule has 3 fully saturated rings. The van der Waals surface area contributed by atoms with Crippen LogP contribution in [-0.2, 0) is 9.47 Å². The maximum atomic E-state index is 6.09. The Kier molecular flexibility index (Phi) is 4.42. The van der Waals surface area contributed by atoms with Gasteiger partial charge in [-0.1, -0.05) is 12.8 Å². The molecule has 19 heavy (non-hydrogen) atoms. The first kappa shape index (κ1) is 13.8. The molecule has 0 radical (unpaired) electrons. The number of fused-ring (bicyclic) bond motifs is 1. The van der Waals surface area contributed by atoms with Crippen LogP contribution in [0.1, 0.15) is 45.4 Å². The van der Waals surface area contributed by atoms with E-state index in [2.05, 4.69) is 11.8 Å². The molecule has 0 aromatic rings. The van der Waals surface area contributed by atoms with E-state index in [1.54, 1.807) is 0 Å². The summed E-state index contributed by atoms with van der Waals surface area (Å²) in [6.07, 6.45) is 8.67. The third-order valence-electron chi connectivity index (χ3n) is 5.14. The number of nitrogens with zero attached hydrogens (tertiary/aromatic N) is 1. The van der Waals surface area contributed by atoms with Crippen molar-refractivity contribution in [2.75, 3.05) is 19.7 Å². The minimum atomic E-state index is 0.334. The van der Waals surface area contributed by atoms with Gasteiger partial charge < -0.3 is 15.2 Å². The van der Waals surface area contributed by atoms with Crippen LogP contribution in [-0.4, -0.2) is 55.0 Å². The summed E-state index contributed by atoms with van der Waals surface area (Å²) in [5, 5.41) is 0. The molecule has 5 atom stereocenters. The largest absolute Gasteiger partial charge is 0.375 e. The molecule has 4 heteroatoms. The highest BCUT2D eigenvalue weighted by Crippen LogP contribution is 2.33. The van der Waals surface area contributed by atoms with Gasteiger partial charge in [-0.3, -0.25) is 4.90 Å². The van der Waals surface area contributed by atoms with Crippen LogP contribution in [0.3, 0.4) is 0 Å². The lowest BCUT2D eigenvalue weighted by Gasteiger charge is -2.48. The fraction of sp³-hybridized carbons (Fsp3) is 1.00. The quantitative estimate of drug-likeness (QED) is 0.843. The molecule has 3 rings (SSSR count). The van der Waals surface area contributed by atoms with Gasteiger partial charge in [-0.15, -0.1) is 0 Å². The minimum Gasteiger partial charge on any atom is -0.375 e. The zero-order valence-corrected chi connectivity index (χ0v) is 12.1. The van der Waals surface area contributed by atoms with Crippen LogP contribution in [0.5, 0.6) is 0 Å². The average molecular weight is 268 g/mol. The summed E-state index contributed by atoms with van der Waals surface area (Å²) >= 11 is 0. The standard InChI is InChI=1S/C15H28N2O2/c1-11-6-7-15(19-11)13(10-16)17-8-9-18-14-5-3-2-4-12(14)17/h11-15H,2-10,16H2,1H3. The Morgan fingerprint density at radius 2 is 2.05 bits per heavy atom. The Bertz CT molecular complexity index is 298. The van der Waals surface area contributed by atoms with Crippen molar-refractivity contribution in [3.05, 3.63) is 0 Å². The van der Waals surface area contributed by atoms with Gasteiger partial charge in [0.15, 0.2) is 0 Å². The van der Waals surface area contributed by atoms with Gasteiger partial charge in [-0.2, -0.15) is 0 Å². The van der Waals surface area contributed by atoms with E-state index >= 15 is 0 Å². The first-order valence-corrected chi connectivity index (χ1v) is 8.02. The van der Waals surface area contributed by atoms with Gasteiger partial charge in [0.05, 0.1) is 24.9 Å². The number of ether oxygens (including phenoxy) is 2. The van der Waals surface area contributed by atoms with Crippen molar-refractivity contribution in [3.63, 3.8) is 0 Å². The van der Waals surface area contributed by atoms with E-state index in [1.165, 1.54) is 32.1 Å². The van der Waals surface area contributed by atoms with Crippen molar-refractivity contribution in [3.8, 4) is 0 Å². The van der Waals surface area contributed by atoms with Gasteiger partial charge in [0.2, 0.25) is 0 Å². The first-order valence-electron chi connectivity index (χ1n) is 8.02. The highest BCUT2D eigenvalue weighted by molar-refractivity contribution is 4.95. The minimum absolute atomic E-state index is 0.334. The number of rotatable bonds is 3. The van der Waals surface area contributed by atoms with Crippen molar-refractivity contribution in [2.45, 2.75) is 75.8 Å². The molecule has 0 bridgehead atoms. The summed E-state index contributed by atoms with van der Waals surface area (Å²) in [7, 11) is 0. The fourth-order valence-electron chi connectivity index (χ4n) is 4.16. The molecule has 3 aliphatic rings. The van der Waals surface area contributed by atoms with E-state index in [9.17, 15) is 0 Å². The molecular weight excluding hydrogens is 240 g/mol. The topological polar surface area (TPSA) is 47.7 Å². The van der Waals surface area contributed by atoms with Crippen LogP contribution in [0.2, 0.25) is 0 Å². The van der Waals surface area contributed by atoms with Gasteiger partial charge in [0, 0.05) is 25.2 Å². The number of hydrogen-bond donors (Lipinski definition) is 1. The molecule has 0 aromatic heterocycles. The van der Waals surface area contributed by atoms with E-state index < -0.39 is 0 Å². The van der Waals surface area contributed by atoms with Crippen LogP contribution < -0.4 is 5.73 Å². The second-order valence-corrected chi connectivity index (χ2v) is 6.36. The summed E-state index contributed by atoms with van der Waals surface area (Å²) in [6, 6.07) is 0.968. The predicted octanol–water partition coefficient (Wildman–Crippen LogP) is 1.52. The molecule has 2 heterocycles. The van der Waals surface area contributed by atoms with Gasteiger partial charge in [-0.25, -0.2) is 0 Å². The van der Waals surface area contributed by atoms with E-state index in [1.807, 2.05) is 0 Å². The Hall–Kier alpha value is -0.160. The molecule has 0 spiro atoms. The van der Waals surface area contributed by atoms with Crippen LogP contribution in [0, 0.1) is 0 Å². The highest BCUT2D eigenvalue weighted by atomic mass is 16.5. The van der Waals surface area contributed by atoms with E-state index in [0.29, 0.717) is 36.9 Å². The molecule has 0 aromatic carbocycles. The lowest BCUT2D eigenvalue weighted by Crippen LogP contribution is -2.61. The number of nitrogens with two attached hydrogens (primary N) is 1. The Balaban J connectivity index is 1.70. The lowest BCUT2D eigenvalue weighted by molar-refractivity contribution is -0.121. The number of morpholine rings is 1. The van der Waals surface area contributed by atoms with Crippen molar-refractivity contribution >= 4 is 0 Å². The fourth-order valence-corrected chi connectivity index (χ4v) is 4.16. The van der Waals surface area contributed by atoms with Crippen LogP contribution in [0.15, 0.2) is 0 Å². The zero-order chi connectivity index (χ0) is 13.2. The van der Waals surface area contributed by atoms with Gasteiger partial charge in [-0.05, 0) is 32.6 Å². The molecule has 110 valence electrons. The maximum absolute atomic E-state index is 6.09. The van der Waals surface area contributed by atoms with Crippen LogP contribution >= 0.6 is 0 Å². The summed E-state index contributed by atoms with van der Waals surface area (Å²) in [5.74, 6) is 0. The van der Waals surface area contributed by atoms with Crippen LogP contribution in [0.25, 0.3) is 0 Å². The van der Waals surface area contributed by atoms with Crippen molar-refractivity contribution in [2.24, 2.45) is 5.73 Å². The molecule has 1 saturated carbocycles. The van der Waals surface area contributed by atoms with E-state index in [-0.39, 0.29) is 0 Å². The average Bonchev–Trinajstić information content (AvgIpc) is 2.86. The maximum Gasteiger partial charge on any atom is 0.0747 e. The molecule has 1 aliphatic carbocycles. The molecule has 5 unspecified atom stereocenters. The Labute approximate surface area is 116 Å². The summed E-state index contributed by atoms with van der Waals surface area (Å²) in [5.41, 5.74) is 6.09. The smallest absolute Gasteiger partial charge is 0.0747 e. The third-order valence-corrected chi connectivity index (χ3v) is 5.14. The van der Waals surface area contributed by atoms with Crippen LogP contribution in [0.4, 0.5) is 0 Å². The predicted molar refractivity (Wildman–Crippen MR) is 75.1 cm³/mol. The lowest BCUT2D eigenvalue weighted by atomic mass is 9.88. The van der Waals surface area contributed by atoms with E-state index in [0.717, 1.165) is 19.6 Å². The van der Waals surface area contributed by atoms with E-state index in [4.69, 9.17) is 15.2 Å². The molecular formula is C15H28N2O2. The van der Waals surface area contributed by atoms with Gasteiger partial charge in [0.25, 0.3) is 0 Å². The molecule has 0 amide bonds. The van der Waals surface area contributed by atoms with Crippen molar-refractivity contribution in [1.82, 2.24) is 4.90 Å². The highest BCUT2D eigenvalue weighted by Gasteiger charge is 2.41. The normalized spacial score (nSPS) is 42.0. The zero-order valence-electron chi connectivity index (χ0n) is 12.1. The monoisotopic (exact) mass is 268 g/mol. The Morgan fingerprint density at radius 3 is 2.79 bits per heavy atom. The second kappa shape index (κ2) is 6.08. The van der Waals surface area contributed by atoms with Crippen molar-refractivity contribution < 1.29 is 9.47 Å². The molecule has 2 N–H and O–H groups in total. The molecule has 4 nitrogen and oxygen atoms in total. The number of hydrogen-bond acceptors (Lipinski definition) is 4. The van der Waals surface area contributed by atoms with Crippen molar-refractivity contribution in [1.29, 1.82) is 0 Å². The molecule has 2 aliphatic heterocycles. The summed E-state index contributed by atoms with van der Waals surface area (Å²) in [6.45, 7) is 4.77. The second-order valence-electron chi connectivity index (χ2n) is 6.36.